The number of nitrogens with zero attached hydrogens (tertiary/aromatic N) is 5. The van der Waals surface area contributed by atoms with Crippen LogP contribution in [0.1, 0.15) is 6.42 Å². The quantitative estimate of drug-likeness (QED) is 0.664. The van der Waals surface area contributed by atoms with Gasteiger partial charge in [-0.15, -0.1) is 0 Å². The van der Waals surface area contributed by atoms with Gasteiger partial charge in [-0.05, 0) is 42.8 Å². The van der Waals surface area contributed by atoms with Gasteiger partial charge >= 0.3 is 0 Å². The number of rotatable bonds is 2. The maximum Gasteiger partial charge on any atom is 0.265 e. The van der Waals surface area contributed by atoms with Gasteiger partial charge in [0.05, 0.1) is 28.7 Å². The fourth-order valence-electron chi connectivity index (χ4n) is 5.74. The van der Waals surface area contributed by atoms with E-state index in [4.69, 9.17) is 0 Å². The first kappa shape index (κ1) is 14.1. The van der Waals surface area contributed by atoms with Gasteiger partial charge < -0.3 is 4.90 Å². The van der Waals surface area contributed by atoms with Crippen molar-refractivity contribution in [3.05, 3.63) is 65.2 Å². The number of para-hydroxylation sites is 1. The molecule has 4 aliphatic rings. The molecule has 2 aliphatic carbocycles. The van der Waals surface area contributed by atoms with E-state index >= 15 is 0 Å². The number of hydrogen-bond acceptors (Lipinski definition) is 5. The molecule has 6 atom stereocenters. The summed E-state index contributed by atoms with van der Waals surface area (Å²) in [6.07, 6.45) is 2.91. The van der Waals surface area contributed by atoms with E-state index < -0.39 is 0 Å². The zero-order valence-corrected chi connectivity index (χ0v) is 14.5. The Morgan fingerprint density at radius 1 is 0.852 bits per heavy atom. The van der Waals surface area contributed by atoms with Crippen LogP contribution in [0.2, 0.25) is 0 Å². The van der Waals surface area contributed by atoms with E-state index in [9.17, 15) is 4.79 Å². The highest BCUT2D eigenvalue weighted by Crippen LogP contribution is 2.63. The molecule has 132 valence electrons. The Morgan fingerprint density at radius 2 is 1.52 bits per heavy atom. The first-order valence-electron chi connectivity index (χ1n) is 9.56. The molecule has 7 rings (SSSR count). The summed E-state index contributed by atoms with van der Waals surface area (Å²) in [5.41, 5.74) is 2.79. The molecular weight excluding hydrogens is 338 g/mol. The van der Waals surface area contributed by atoms with Crippen molar-refractivity contribution in [2.45, 2.75) is 30.6 Å². The van der Waals surface area contributed by atoms with Crippen molar-refractivity contribution in [2.24, 2.45) is 22.1 Å². The standard InChI is InChI=1S/C21H17N5O/c27-21-13-3-1-2-4-16(13)22-10-25(21)11-5-7-12(8-6-11)26-19-14-9-15(20(19)26)18-17(14)23-24-18/h1-8,10,14-15,17-20H,9H2/t14-,15+,17+,18-,19-,20+,26?. The van der Waals surface area contributed by atoms with Crippen LogP contribution in [0.15, 0.2) is 69.9 Å². The molecule has 2 saturated carbocycles. The first-order chi connectivity index (χ1) is 13.3. The molecule has 0 spiro atoms. The molecule has 2 bridgehead atoms. The van der Waals surface area contributed by atoms with Gasteiger partial charge in [-0.3, -0.25) is 9.36 Å². The molecule has 27 heavy (non-hydrogen) atoms. The molecule has 6 heteroatoms. The SMILES string of the molecule is O=c1c2ccccc2ncn1-c1ccc(N2[C@@H]3[C@@H]4C[C@@H]([C@H]5N=N[C@@H]45)[C@@H]32)cc1. The number of azo groups is 1. The molecule has 0 unspecified atom stereocenters. The van der Waals surface area contributed by atoms with Crippen LogP contribution in [-0.4, -0.2) is 33.7 Å². The van der Waals surface area contributed by atoms with Crippen molar-refractivity contribution in [2.75, 3.05) is 4.90 Å². The van der Waals surface area contributed by atoms with Crippen LogP contribution in [0.3, 0.4) is 0 Å². The second kappa shape index (κ2) is 4.63. The van der Waals surface area contributed by atoms with Gasteiger partial charge in [0.2, 0.25) is 0 Å². The van der Waals surface area contributed by atoms with E-state index in [0.717, 1.165) is 11.2 Å². The summed E-state index contributed by atoms with van der Waals surface area (Å²) in [6, 6.07) is 18.0. The van der Waals surface area contributed by atoms with E-state index in [-0.39, 0.29) is 5.56 Å². The Morgan fingerprint density at radius 3 is 2.22 bits per heavy atom. The smallest absolute Gasteiger partial charge is 0.265 e. The second-order valence-corrected chi connectivity index (χ2v) is 8.12. The fraction of sp³-hybridized carbons (Fsp3) is 0.333. The van der Waals surface area contributed by atoms with Crippen molar-refractivity contribution in [3.63, 3.8) is 0 Å². The summed E-state index contributed by atoms with van der Waals surface area (Å²) in [7, 11) is 0. The van der Waals surface area contributed by atoms with Crippen LogP contribution in [0.5, 0.6) is 0 Å². The molecule has 6 nitrogen and oxygen atoms in total. The van der Waals surface area contributed by atoms with Crippen LogP contribution < -0.4 is 10.5 Å². The Balaban J connectivity index is 1.22. The van der Waals surface area contributed by atoms with E-state index in [1.807, 2.05) is 36.4 Å². The molecule has 2 aliphatic heterocycles. The van der Waals surface area contributed by atoms with Gasteiger partial charge in [0.25, 0.3) is 5.56 Å². The summed E-state index contributed by atoms with van der Waals surface area (Å²) in [5, 5.41) is 9.36. The average molecular weight is 355 g/mol. The molecule has 0 N–H and O–H groups in total. The predicted octanol–water partition coefficient (Wildman–Crippen LogP) is 2.80. The highest BCUT2D eigenvalue weighted by Gasteiger charge is 2.72. The van der Waals surface area contributed by atoms with Crippen molar-refractivity contribution in [3.8, 4) is 5.69 Å². The molecule has 3 fully saturated rings. The molecule has 3 aromatic rings. The third kappa shape index (κ3) is 1.66. The van der Waals surface area contributed by atoms with Gasteiger partial charge in [0, 0.05) is 17.5 Å². The second-order valence-electron chi connectivity index (χ2n) is 8.12. The molecule has 0 amide bonds. The number of fused-ring (bicyclic) bond motifs is 9. The molecule has 1 saturated heterocycles. The summed E-state index contributed by atoms with van der Waals surface area (Å²) in [5.74, 6) is 1.38. The van der Waals surface area contributed by atoms with Crippen LogP contribution in [0, 0.1) is 11.8 Å². The first-order valence-corrected chi connectivity index (χ1v) is 9.56. The maximum atomic E-state index is 12.8. The van der Waals surface area contributed by atoms with Crippen molar-refractivity contribution in [1.29, 1.82) is 0 Å². The Hall–Kier alpha value is -3.02. The Labute approximate surface area is 155 Å². The fourth-order valence-corrected chi connectivity index (χ4v) is 5.74. The number of hydrogen-bond donors (Lipinski definition) is 0. The lowest BCUT2D eigenvalue weighted by Gasteiger charge is -2.27. The molecule has 0 radical (unpaired) electrons. The van der Waals surface area contributed by atoms with Crippen LogP contribution in [0.4, 0.5) is 5.69 Å². The van der Waals surface area contributed by atoms with Gasteiger partial charge in [0.15, 0.2) is 0 Å². The molecular formula is C21H17N5O. The van der Waals surface area contributed by atoms with E-state index in [1.54, 1.807) is 10.9 Å². The zero-order chi connectivity index (χ0) is 17.7. The highest BCUT2D eigenvalue weighted by molar-refractivity contribution is 5.77. The lowest BCUT2D eigenvalue weighted by molar-refractivity contribution is 0.315. The lowest BCUT2D eigenvalue weighted by Crippen LogP contribution is -2.39. The van der Waals surface area contributed by atoms with Gasteiger partial charge in [-0.1, -0.05) is 12.1 Å². The van der Waals surface area contributed by atoms with Gasteiger partial charge in [-0.25, -0.2) is 4.98 Å². The minimum Gasteiger partial charge on any atom is -0.361 e. The van der Waals surface area contributed by atoms with E-state index in [1.165, 1.54) is 12.1 Å². The molecule has 2 aromatic carbocycles. The van der Waals surface area contributed by atoms with Crippen molar-refractivity contribution in [1.82, 2.24) is 9.55 Å². The third-order valence-electron chi connectivity index (χ3n) is 6.98. The predicted molar refractivity (Wildman–Crippen MR) is 101 cm³/mol. The largest absolute Gasteiger partial charge is 0.361 e. The maximum absolute atomic E-state index is 12.8. The number of aromatic nitrogens is 2. The third-order valence-corrected chi connectivity index (χ3v) is 6.98. The Bertz CT molecular complexity index is 1160. The zero-order valence-electron chi connectivity index (χ0n) is 14.5. The monoisotopic (exact) mass is 355 g/mol. The lowest BCUT2D eigenvalue weighted by atomic mass is 9.90. The Kier molecular flexibility index (Phi) is 2.41. The summed E-state index contributed by atoms with van der Waals surface area (Å²) in [6.45, 7) is 0. The van der Waals surface area contributed by atoms with Crippen LogP contribution in [-0.2, 0) is 0 Å². The minimum atomic E-state index is -0.0326. The van der Waals surface area contributed by atoms with E-state index in [0.29, 0.717) is 41.4 Å². The molecule has 1 aromatic heterocycles. The number of benzene rings is 2. The molecule has 3 heterocycles. The topological polar surface area (TPSA) is 62.6 Å². The number of anilines is 1. The van der Waals surface area contributed by atoms with Crippen LogP contribution >= 0.6 is 0 Å². The average Bonchev–Trinajstić information content (AvgIpc) is 3.25. The highest BCUT2D eigenvalue weighted by atomic mass is 16.1. The summed E-state index contributed by atoms with van der Waals surface area (Å²) < 4.78 is 1.62. The number of piperidine rings is 1. The summed E-state index contributed by atoms with van der Waals surface area (Å²) in [4.78, 5) is 19.7. The van der Waals surface area contributed by atoms with Gasteiger partial charge in [0.1, 0.15) is 18.4 Å². The van der Waals surface area contributed by atoms with Gasteiger partial charge in [-0.2, -0.15) is 10.2 Å². The van der Waals surface area contributed by atoms with E-state index in [2.05, 4.69) is 32.2 Å². The van der Waals surface area contributed by atoms with Crippen LogP contribution in [0.25, 0.3) is 16.6 Å². The normalized spacial score (nSPS) is 34.4. The van der Waals surface area contributed by atoms with Crippen molar-refractivity contribution < 1.29 is 0 Å². The minimum absolute atomic E-state index is 0.0326. The summed E-state index contributed by atoms with van der Waals surface area (Å²) >= 11 is 0. The van der Waals surface area contributed by atoms with Crippen molar-refractivity contribution >= 4 is 16.6 Å².